The van der Waals surface area contributed by atoms with Gasteiger partial charge in [0.05, 0.1) is 13.7 Å². The Morgan fingerprint density at radius 3 is 2.45 bits per heavy atom. The number of methoxy groups -OCH3 is 1. The van der Waals surface area contributed by atoms with Crippen LogP contribution >= 0.6 is 0 Å². The predicted molar refractivity (Wildman–Crippen MR) is 86.1 cm³/mol. The Balaban J connectivity index is 2.25. The molecule has 118 valence electrons. The monoisotopic (exact) mass is 303 g/mol. The largest absolute Gasteiger partial charge is 0.497 e. The molecule has 0 amide bonds. The molecule has 1 atom stereocenters. The number of rotatable bonds is 7. The molecular weight excluding hydrogens is 281 g/mol. The first kappa shape index (κ1) is 16.3. The third kappa shape index (κ3) is 3.98. The van der Waals surface area contributed by atoms with Gasteiger partial charge in [-0.3, -0.25) is 0 Å². The summed E-state index contributed by atoms with van der Waals surface area (Å²) in [6.07, 6.45) is 0.726. The molecule has 0 saturated heterocycles. The molecule has 2 N–H and O–H groups in total. The third-order valence-electron chi connectivity index (χ3n) is 3.64. The maximum Gasteiger partial charge on any atom is 0.123 e. The molecule has 3 nitrogen and oxygen atoms in total. The molecule has 1 unspecified atom stereocenters. The average Bonchev–Trinajstić information content (AvgIpc) is 2.55. The van der Waals surface area contributed by atoms with Crippen LogP contribution in [-0.4, -0.2) is 20.3 Å². The number of hydrogen-bond acceptors (Lipinski definition) is 3. The van der Waals surface area contributed by atoms with E-state index in [1.807, 2.05) is 31.2 Å². The first-order valence-electron chi connectivity index (χ1n) is 7.43. The van der Waals surface area contributed by atoms with Gasteiger partial charge < -0.3 is 15.2 Å². The third-order valence-corrected chi connectivity index (χ3v) is 3.64. The van der Waals surface area contributed by atoms with Gasteiger partial charge in [-0.05, 0) is 55.8 Å². The number of halogens is 1. The van der Waals surface area contributed by atoms with Gasteiger partial charge in [-0.1, -0.05) is 12.1 Å². The number of ether oxygens (including phenoxy) is 2. The second-order valence-corrected chi connectivity index (χ2v) is 5.10. The van der Waals surface area contributed by atoms with Crippen LogP contribution in [0.15, 0.2) is 42.5 Å². The summed E-state index contributed by atoms with van der Waals surface area (Å²) in [7, 11) is 1.64. The second-order valence-electron chi connectivity index (χ2n) is 5.10. The number of nitrogens with two attached hydrogens (primary N) is 1. The van der Waals surface area contributed by atoms with E-state index in [0.29, 0.717) is 18.9 Å². The van der Waals surface area contributed by atoms with Crippen molar-refractivity contribution in [2.24, 2.45) is 5.73 Å². The fourth-order valence-electron chi connectivity index (χ4n) is 2.49. The molecule has 0 saturated carbocycles. The molecule has 0 heterocycles. The van der Waals surface area contributed by atoms with Crippen molar-refractivity contribution in [2.45, 2.75) is 19.3 Å². The molecular formula is C18H22FNO2. The highest BCUT2D eigenvalue weighted by molar-refractivity contribution is 5.39. The van der Waals surface area contributed by atoms with Gasteiger partial charge in [0.1, 0.15) is 17.3 Å². The SMILES string of the molecule is CCOc1ccc(F)cc1C(CN)Cc1ccc(OC)cc1. The van der Waals surface area contributed by atoms with E-state index in [9.17, 15) is 4.39 Å². The summed E-state index contributed by atoms with van der Waals surface area (Å²) in [4.78, 5) is 0. The summed E-state index contributed by atoms with van der Waals surface area (Å²) in [5.74, 6) is 1.25. The molecule has 2 rings (SSSR count). The Morgan fingerprint density at radius 2 is 1.86 bits per heavy atom. The zero-order valence-electron chi connectivity index (χ0n) is 13.0. The summed E-state index contributed by atoms with van der Waals surface area (Å²) in [5, 5.41) is 0. The zero-order chi connectivity index (χ0) is 15.9. The Kier molecular flexibility index (Phi) is 5.78. The highest BCUT2D eigenvalue weighted by Gasteiger charge is 2.17. The normalized spacial score (nSPS) is 12.0. The number of benzene rings is 2. The highest BCUT2D eigenvalue weighted by Crippen LogP contribution is 2.30. The lowest BCUT2D eigenvalue weighted by molar-refractivity contribution is 0.333. The molecule has 0 spiro atoms. The van der Waals surface area contributed by atoms with Gasteiger partial charge in [-0.2, -0.15) is 0 Å². The van der Waals surface area contributed by atoms with Crippen molar-refractivity contribution in [3.8, 4) is 11.5 Å². The van der Waals surface area contributed by atoms with Crippen LogP contribution in [0.1, 0.15) is 24.0 Å². The van der Waals surface area contributed by atoms with Crippen LogP contribution in [0.2, 0.25) is 0 Å². The van der Waals surface area contributed by atoms with Crippen molar-refractivity contribution in [1.29, 1.82) is 0 Å². The summed E-state index contributed by atoms with van der Waals surface area (Å²) in [5.41, 5.74) is 7.87. The first-order valence-corrected chi connectivity index (χ1v) is 7.43. The van der Waals surface area contributed by atoms with Crippen molar-refractivity contribution < 1.29 is 13.9 Å². The van der Waals surface area contributed by atoms with Gasteiger partial charge in [0, 0.05) is 11.5 Å². The zero-order valence-corrected chi connectivity index (χ0v) is 13.0. The summed E-state index contributed by atoms with van der Waals surface area (Å²) < 4.78 is 24.4. The van der Waals surface area contributed by atoms with E-state index in [2.05, 4.69) is 0 Å². The molecule has 0 aliphatic rings. The minimum absolute atomic E-state index is 0.00523. The van der Waals surface area contributed by atoms with E-state index in [4.69, 9.17) is 15.2 Å². The summed E-state index contributed by atoms with van der Waals surface area (Å²) in [6.45, 7) is 2.88. The molecule has 2 aromatic rings. The van der Waals surface area contributed by atoms with Crippen molar-refractivity contribution >= 4 is 0 Å². The van der Waals surface area contributed by atoms with Crippen molar-refractivity contribution in [1.82, 2.24) is 0 Å². The highest BCUT2D eigenvalue weighted by atomic mass is 19.1. The minimum atomic E-state index is -0.272. The van der Waals surface area contributed by atoms with Crippen LogP contribution in [0, 0.1) is 5.82 Å². The molecule has 0 radical (unpaired) electrons. The Labute approximate surface area is 130 Å². The molecule has 0 fully saturated rings. The fraction of sp³-hybridized carbons (Fsp3) is 0.333. The van der Waals surface area contributed by atoms with Crippen LogP contribution in [0.5, 0.6) is 11.5 Å². The maximum absolute atomic E-state index is 13.6. The van der Waals surface area contributed by atoms with Crippen LogP contribution in [0.3, 0.4) is 0 Å². The number of hydrogen-bond donors (Lipinski definition) is 1. The van der Waals surface area contributed by atoms with Crippen molar-refractivity contribution in [3.05, 3.63) is 59.4 Å². The molecule has 4 heteroatoms. The lowest BCUT2D eigenvalue weighted by Gasteiger charge is -2.19. The molecule has 2 aromatic carbocycles. The van der Waals surface area contributed by atoms with E-state index < -0.39 is 0 Å². The summed E-state index contributed by atoms with van der Waals surface area (Å²) >= 11 is 0. The van der Waals surface area contributed by atoms with Crippen LogP contribution in [0.4, 0.5) is 4.39 Å². The Hall–Kier alpha value is -2.07. The van der Waals surface area contributed by atoms with E-state index in [-0.39, 0.29) is 11.7 Å². The van der Waals surface area contributed by atoms with Gasteiger partial charge >= 0.3 is 0 Å². The molecule has 0 aliphatic heterocycles. The van der Waals surface area contributed by atoms with E-state index in [0.717, 1.165) is 23.3 Å². The Bertz CT molecular complexity index is 599. The van der Waals surface area contributed by atoms with Gasteiger partial charge in [0.2, 0.25) is 0 Å². The lowest BCUT2D eigenvalue weighted by Crippen LogP contribution is -2.16. The van der Waals surface area contributed by atoms with Crippen LogP contribution in [0.25, 0.3) is 0 Å². The lowest BCUT2D eigenvalue weighted by atomic mass is 9.91. The first-order chi connectivity index (χ1) is 10.7. The smallest absolute Gasteiger partial charge is 0.123 e. The Morgan fingerprint density at radius 1 is 1.14 bits per heavy atom. The molecule has 0 aliphatic carbocycles. The second kappa shape index (κ2) is 7.80. The van der Waals surface area contributed by atoms with Gasteiger partial charge in [0.15, 0.2) is 0 Å². The summed E-state index contributed by atoms with van der Waals surface area (Å²) in [6, 6.07) is 12.4. The van der Waals surface area contributed by atoms with E-state index >= 15 is 0 Å². The van der Waals surface area contributed by atoms with Gasteiger partial charge in [-0.25, -0.2) is 4.39 Å². The quantitative estimate of drug-likeness (QED) is 0.851. The average molecular weight is 303 g/mol. The van der Waals surface area contributed by atoms with Crippen LogP contribution < -0.4 is 15.2 Å². The molecule has 0 aromatic heterocycles. The standard InChI is InChI=1S/C18H22FNO2/c1-3-22-18-9-6-15(19)11-17(18)14(12-20)10-13-4-7-16(21-2)8-5-13/h4-9,11,14H,3,10,12,20H2,1-2H3. The maximum atomic E-state index is 13.6. The topological polar surface area (TPSA) is 44.5 Å². The van der Waals surface area contributed by atoms with Crippen molar-refractivity contribution in [2.75, 3.05) is 20.3 Å². The van der Waals surface area contributed by atoms with Gasteiger partial charge in [0.25, 0.3) is 0 Å². The fourth-order valence-corrected chi connectivity index (χ4v) is 2.49. The van der Waals surface area contributed by atoms with E-state index in [1.54, 1.807) is 13.2 Å². The minimum Gasteiger partial charge on any atom is -0.497 e. The van der Waals surface area contributed by atoms with Crippen molar-refractivity contribution in [3.63, 3.8) is 0 Å². The predicted octanol–water partition coefficient (Wildman–Crippen LogP) is 3.52. The molecule has 22 heavy (non-hydrogen) atoms. The van der Waals surface area contributed by atoms with Crippen LogP contribution in [-0.2, 0) is 6.42 Å². The van der Waals surface area contributed by atoms with Gasteiger partial charge in [-0.15, -0.1) is 0 Å². The van der Waals surface area contributed by atoms with E-state index in [1.165, 1.54) is 12.1 Å². The molecule has 0 bridgehead atoms.